The second-order valence-electron chi connectivity index (χ2n) is 6.16. The Kier molecular flexibility index (Phi) is 4.56. The second-order valence-corrected chi connectivity index (χ2v) is 6.16. The fraction of sp³-hybridized carbons (Fsp3) is 0.136. The van der Waals surface area contributed by atoms with Gasteiger partial charge in [-0.05, 0) is 36.2 Å². The normalized spacial score (nSPS) is 12.0. The standard InChI is InChI=1S/C22H20N4/c1-2-19(16-8-4-3-5-9-16)24-22-18-10-6-7-11-20(18)25-21(26-22)17-12-14-23-15-13-17/h3-15,19H,2H2,1H3,(H,24,25,26)/t19-/m1/s1. The van der Waals surface area contributed by atoms with E-state index < -0.39 is 0 Å². The fourth-order valence-electron chi connectivity index (χ4n) is 3.09. The van der Waals surface area contributed by atoms with Crippen LogP contribution in [0.5, 0.6) is 0 Å². The van der Waals surface area contributed by atoms with Crippen molar-refractivity contribution in [3.8, 4) is 11.4 Å². The van der Waals surface area contributed by atoms with Crippen molar-refractivity contribution in [3.63, 3.8) is 0 Å². The zero-order valence-corrected chi connectivity index (χ0v) is 14.6. The molecule has 128 valence electrons. The molecule has 2 aromatic carbocycles. The summed E-state index contributed by atoms with van der Waals surface area (Å²) in [7, 11) is 0. The number of para-hydroxylation sites is 1. The molecule has 0 aliphatic rings. The molecule has 0 fully saturated rings. The molecule has 0 unspecified atom stereocenters. The Labute approximate surface area is 153 Å². The maximum absolute atomic E-state index is 4.83. The zero-order chi connectivity index (χ0) is 17.8. The molecule has 0 bridgehead atoms. The van der Waals surface area contributed by atoms with Crippen LogP contribution >= 0.6 is 0 Å². The lowest BCUT2D eigenvalue weighted by atomic mass is 10.0. The highest BCUT2D eigenvalue weighted by Crippen LogP contribution is 2.28. The molecule has 4 heteroatoms. The number of nitrogens with zero attached hydrogens (tertiary/aromatic N) is 3. The SMILES string of the molecule is CC[C@@H](Nc1nc(-c2ccncc2)nc2ccccc12)c1ccccc1. The van der Waals surface area contributed by atoms with Gasteiger partial charge in [-0.2, -0.15) is 0 Å². The van der Waals surface area contributed by atoms with Gasteiger partial charge >= 0.3 is 0 Å². The molecule has 0 aliphatic heterocycles. The molecule has 2 heterocycles. The molecule has 0 saturated carbocycles. The van der Waals surface area contributed by atoms with Crippen LogP contribution in [0.25, 0.3) is 22.3 Å². The van der Waals surface area contributed by atoms with E-state index in [1.54, 1.807) is 12.4 Å². The number of fused-ring (bicyclic) bond motifs is 1. The molecule has 0 aliphatic carbocycles. The number of benzene rings is 2. The molecule has 1 atom stereocenters. The maximum Gasteiger partial charge on any atom is 0.162 e. The molecule has 26 heavy (non-hydrogen) atoms. The van der Waals surface area contributed by atoms with Crippen molar-refractivity contribution in [2.24, 2.45) is 0 Å². The summed E-state index contributed by atoms with van der Waals surface area (Å²) >= 11 is 0. The predicted molar refractivity (Wildman–Crippen MR) is 106 cm³/mol. The van der Waals surface area contributed by atoms with E-state index in [0.29, 0.717) is 5.82 Å². The lowest BCUT2D eigenvalue weighted by Gasteiger charge is -2.19. The van der Waals surface area contributed by atoms with Crippen molar-refractivity contribution in [2.75, 3.05) is 5.32 Å². The lowest BCUT2D eigenvalue weighted by molar-refractivity contribution is 0.746. The quantitative estimate of drug-likeness (QED) is 0.539. The van der Waals surface area contributed by atoms with E-state index in [9.17, 15) is 0 Å². The Morgan fingerprint density at radius 3 is 2.35 bits per heavy atom. The minimum Gasteiger partial charge on any atom is -0.363 e. The molecule has 0 amide bonds. The third-order valence-corrected chi connectivity index (χ3v) is 4.46. The van der Waals surface area contributed by atoms with Gasteiger partial charge in [0.1, 0.15) is 5.82 Å². The van der Waals surface area contributed by atoms with Gasteiger partial charge in [-0.15, -0.1) is 0 Å². The first-order chi connectivity index (χ1) is 12.8. The first-order valence-corrected chi connectivity index (χ1v) is 8.84. The van der Waals surface area contributed by atoms with Gasteiger partial charge in [0.05, 0.1) is 11.6 Å². The number of aromatic nitrogens is 3. The predicted octanol–water partition coefficient (Wildman–Crippen LogP) is 5.26. The van der Waals surface area contributed by atoms with Crippen molar-refractivity contribution < 1.29 is 0 Å². The monoisotopic (exact) mass is 340 g/mol. The van der Waals surface area contributed by atoms with E-state index in [0.717, 1.165) is 28.7 Å². The Morgan fingerprint density at radius 2 is 1.58 bits per heavy atom. The largest absolute Gasteiger partial charge is 0.363 e. The molecular formula is C22H20N4. The van der Waals surface area contributed by atoms with Gasteiger partial charge in [-0.1, -0.05) is 49.4 Å². The van der Waals surface area contributed by atoms with Crippen LogP contribution in [-0.2, 0) is 0 Å². The van der Waals surface area contributed by atoms with Crippen LogP contribution in [0.3, 0.4) is 0 Å². The molecule has 4 nitrogen and oxygen atoms in total. The highest BCUT2D eigenvalue weighted by Gasteiger charge is 2.14. The van der Waals surface area contributed by atoms with Crippen molar-refractivity contribution in [2.45, 2.75) is 19.4 Å². The second kappa shape index (κ2) is 7.31. The third-order valence-electron chi connectivity index (χ3n) is 4.46. The van der Waals surface area contributed by atoms with Gasteiger partial charge in [0, 0.05) is 23.3 Å². The number of anilines is 1. The average Bonchev–Trinajstić information content (AvgIpc) is 2.73. The van der Waals surface area contributed by atoms with E-state index in [-0.39, 0.29) is 6.04 Å². The Morgan fingerprint density at radius 1 is 0.846 bits per heavy atom. The van der Waals surface area contributed by atoms with Gasteiger partial charge < -0.3 is 5.32 Å². The highest BCUT2D eigenvalue weighted by atomic mass is 15.1. The van der Waals surface area contributed by atoms with E-state index in [1.165, 1.54) is 5.56 Å². The summed E-state index contributed by atoms with van der Waals surface area (Å²) in [6.07, 6.45) is 4.49. The topological polar surface area (TPSA) is 50.7 Å². The van der Waals surface area contributed by atoms with Gasteiger partial charge in [0.15, 0.2) is 5.82 Å². The summed E-state index contributed by atoms with van der Waals surface area (Å²) in [4.78, 5) is 13.7. The molecule has 2 aromatic heterocycles. The van der Waals surface area contributed by atoms with Crippen LogP contribution in [0.15, 0.2) is 79.1 Å². The lowest BCUT2D eigenvalue weighted by Crippen LogP contribution is -2.12. The maximum atomic E-state index is 4.83. The Balaban J connectivity index is 1.80. The van der Waals surface area contributed by atoms with Gasteiger partial charge in [-0.3, -0.25) is 4.98 Å². The molecule has 4 aromatic rings. The highest BCUT2D eigenvalue weighted by molar-refractivity contribution is 5.90. The van der Waals surface area contributed by atoms with E-state index >= 15 is 0 Å². The van der Waals surface area contributed by atoms with Gasteiger partial charge in [-0.25, -0.2) is 9.97 Å². The molecule has 0 radical (unpaired) electrons. The molecular weight excluding hydrogens is 320 g/mol. The van der Waals surface area contributed by atoms with Crippen LogP contribution in [0.1, 0.15) is 24.9 Å². The minimum absolute atomic E-state index is 0.194. The molecule has 0 spiro atoms. The summed E-state index contributed by atoms with van der Waals surface area (Å²) in [6.45, 7) is 2.18. The summed E-state index contributed by atoms with van der Waals surface area (Å²) < 4.78 is 0. The minimum atomic E-state index is 0.194. The summed E-state index contributed by atoms with van der Waals surface area (Å²) in [6, 6.07) is 22.6. The van der Waals surface area contributed by atoms with Crippen LogP contribution in [0, 0.1) is 0 Å². The number of rotatable bonds is 5. The summed E-state index contributed by atoms with van der Waals surface area (Å²) in [5.41, 5.74) is 3.14. The van der Waals surface area contributed by atoms with Crippen LogP contribution < -0.4 is 5.32 Å². The van der Waals surface area contributed by atoms with Crippen molar-refractivity contribution in [3.05, 3.63) is 84.7 Å². The fourth-order valence-corrected chi connectivity index (χ4v) is 3.09. The molecule has 0 saturated heterocycles. The molecule has 1 N–H and O–H groups in total. The average molecular weight is 340 g/mol. The number of nitrogens with one attached hydrogen (secondary N) is 1. The third kappa shape index (κ3) is 3.26. The van der Waals surface area contributed by atoms with Crippen molar-refractivity contribution in [1.29, 1.82) is 0 Å². The molecule has 4 rings (SSSR count). The van der Waals surface area contributed by atoms with Gasteiger partial charge in [0.2, 0.25) is 0 Å². The van der Waals surface area contributed by atoms with Crippen LogP contribution in [-0.4, -0.2) is 15.0 Å². The first-order valence-electron chi connectivity index (χ1n) is 8.84. The van der Waals surface area contributed by atoms with E-state index in [2.05, 4.69) is 47.6 Å². The van der Waals surface area contributed by atoms with Crippen LogP contribution in [0.2, 0.25) is 0 Å². The Bertz CT molecular complexity index is 1000. The van der Waals surface area contributed by atoms with E-state index in [4.69, 9.17) is 9.97 Å². The van der Waals surface area contributed by atoms with E-state index in [1.807, 2.05) is 36.4 Å². The first kappa shape index (κ1) is 16.2. The number of hydrogen-bond donors (Lipinski definition) is 1. The number of hydrogen-bond acceptors (Lipinski definition) is 4. The van der Waals surface area contributed by atoms with Crippen molar-refractivity contribution >= 4 is 16.7 Å². The summed E-state index contributed by atoms with van der Waals surface area (Å²) in [5, 5.41) is 4.66. The number of pyridine rings is 1. The van der Waals surface area contributed by atoms with Crippen molar-refractivity contribution in [1.82, 2.24) is 15.0 Å². The zero-order valence-electron chi connectivity index (χ0n) is 14.6. The summed E-state index contributed by atoms with van der Waals surface area (Å²) in [5.74, 6) is 1.56. The Hall–Kier alpha value is -3.27. The van der Waals surface area contributed by atoms with Crippen LogP contribution in [0.4, 0.5) is 5.82 Å². The smallest absolute Gasteiger partial charge is 0.162 e. The van der Waals surface area contributed by atoms with Gasteiger partial charge in [0.25, 0.3) is 0 Å².